The minimum Gasteiger partial charge on any atom is -0.463 e. The third kappa shape index (κ3) is 11.4. The number of carbonyl (C=O) groups excluding carboxylic acids is 2. The van der Waals surface area contributed by atoms with E-state index in [4.69, 9.17) is 14.2 Å². The molecule has 0 aliphatic carbocycles. The summed E-state index contributed by atoms with van der Waals surface area (Å²) in [5, 5.41) is 9.38. The molecule has 23 heavy (non-hydrogen) atoms. The van der Waals surface area contributed by atoms with Gasteiger partial charge in [-0.15, -0.1) is 0 Å². The number of hydrogen-bond donors (Lipinski definition) is 1. The fourth-order valence-corrected chi connectivity index (χ4v) is 4.02. The van der Waals surface area contributed by atoms with Crippen molar-refractivity contribution in [2.45, 2.75) is 45.6 Å². The van der Waals surface area contributed by atoms with Crippen LogP contribution in [0, 0.1) is 5.41 Å². The molecule has 0 saturated heterocycles. The van der Waals surface area contributed by atoms with Crippen LogP contribution in [-0.2, 0) is 19.0 Å². The van der Waals surface area contributed by atoms with Gasteiger partial charge in [0.15, 0.2) is 0 Å². The highest BCUT2D eigenvalue weighted by Gasteiger charge is 2.29. The highest BCUT2D eigenvalue weighted by atomic mass is 127. The number of ether oxygens (including phenoxy) is 3. The molecule has 0 aromatic carbocycles. The summed E-state index contributed by atoms with van der Waals surface area (Å²) in [4.78, 5) is 22.8. The van der Waals surface area contributed by atoms with Gasteiger partial charge < -0.3 is 19.3 Å². The Balaban J connectivity index is 3.70. The first-order chi connectivity index (χ1) is 10.9. The number of halogens is 2. The molecular formula is C15H26I2O6. The first kappa shape index (κ1) is 23.2. The fraction of sp³-hybridized carbons (Fsp3) is 0.867. The maximum absolute atomic E-state index is 11.5. The Hall–Kier alpha value is 0.160. The quantitative estimate of drug-likeness (QED) is 0.172. The lowest BCUT2D eigenvalue weighted by Gasteiger charge is -2.26. The Labute approximate surface area is 165 Å². The van der Waals surface area contributed by atoms with Gasteiger partial charge in [-0.2, -0.15) is 0 Å². The molecule has 0 amide bonds. The number of aliphatic hydroxyl groups is 1. The van der Waals surface area contributed by atoms with E-state index in [1.54, 1.807) is 0 Å². The lowest BCUT2D eigenvalue weighted by Crippen LogP contribution is -2.35. The molecule has 136 valence electrons. The largest absolute Gasteiger partial charge is 0.508 e. The third-order valence-electron chi connectivity index (χ3n) is 3.01. The summed E-state index contributed by atoms with van der Waals surface area (Å²) in [5.41, 5.74) is -0.406. The van der Waals surface area contributed by atoms with Gasteiger partial charge in [-0.25, -0.2) is 4.79 Å². The molecule has 0 spiro atoms. The van der Waals surface area contributed by atoms with E-state index in [1.807, 2.05) is 13.8 Å². The summed E-state index contributed by atoms with van der Waals surface area (Å²) in [7, 11) is 0. The van der Waals surface area contributed by atoms with Crippen molar-refractivity contribution in [2.75, 3.05) is 28.7 Å². The van der Waals surface area contributed by atoms with Crippen LogP contribution in [0.4, 0.5) is 4.79 Å². The summed E-state index contributed by atoms with van der Waals surface area (Å²) in [6, 6.07) is 0. The Morgan fingerprint density at radius 1 is 1.09 bits per heavy atom. The molecule has 0 aliphatic rings. The second-order valence-corrected chi connectivity index (χ2v) is 7.19. The van der Waals surface area contributed by atoms with Crippen molar-refractivity contribution >= 4 is 57.3 Å². The van der Waals surface area contributed by atoms with Gasteiger partial charge in [-0.05, 0) is 33.1 Å². The smallest absolute Gasteiger partial charge is 0.463 e. The van der Waals surface area contributed by atoms with Crippen LogP contribution in [0.2, 0.25) is 0 Å². The van der Waals surface area contributed by atoms with Crippen molar-refractivity contribution in [3.05, 3.63) is 0 Å². The molecule has 0 aliphatic heterocycles. The van der Waals surface area contributed by atoms with E-state index in [-0.39, 0.29) is 31.9 Å². The number of esters is 1. The molecule has 0 aromatic rings. The van der Waals surface area contributed by atoms with Gasteiger partial charge in [0.25, 0.3) is 0 Å². The van der Waals surface area contributed by atoms with Crippen LogP contribution in [0.15, 0.2) is 0 Å². The van der Waals surface area contributed by atoms with Crippen LogP contribution in [0.3, 0.4) is 0 Å². The summed E-state index contributed by atoms with van der Waals surface area (Å²) >= 11 is 4.34. The summed E-state index contributed by atoms with van der Waals surface area (Å²) in [5.74, 6) is -0.196. The predicted octanol–water partition coefficient (Wildman–Crippen LogP) is 3.50. The zero-order valence-corrected chi connectivity index (χ0v) is 18.0. The molecule has 8 heteroatoms. The summed E-state index contributed by atoms with van der Waals surface area (Å²) < 4.78 is 16.5. The van der Waals surface area contributed by atoms with Gasteiger partial charge >= 0.3 is 12.1 Å². The molecule has 0 saturated carbocycles. The Morgan fingerprint density at radius 3 is 2.26 bits per heavy atom. The SMILES string of the molecule is CC(C)OC(=O)CCCCCOC(=O)OCC(CO)(CI)CI. The third-order valence-corrected chi connectivity index (χ3v) is 6.25. The summed E-state index contributed by atoms with van der Waals surface area (Å²) in [6.07, 6.45) is 1.75. The molecule has 0 unspecified atom stereocenters. The zero-order valence-electron chi connectivity index (χ0n) is 13.7. The average Bonchev–Trinajstić information content (AvgIpc) is 2.52. The normalized spacial score (nSPS) is 11.4. The molecule has 0 rings (SSSR count). The topological polar surface area (TPSA) is 82.1 Å². The van der Waals surface area contributed by atoms with Crippen molar-refractivity contribution in [2.24, 2.45) is 5.41 Å². The van der Waals surface area contributed by atoms with Crippen LogP contribution in [0.1, 0.15) is 39.5 Å². The molecule has 0 atom stereocenters. The zero-order chi connectivity index (χ0) is 17.7. The maximum atomic E-state index is 11.5. The first-order valence-electron chi connectivity index (χ1n) is 7.61. The highest BCUT2D eigenvalue weighted by molar-refractivity contribution is 14.1. The van der Waals surface area contributed by atoms with Crippen LogP contribution < -0.4 is 0 Å². The molecule has 6 nitrogen and oxygen atoms in total. The monoisotopic (exact) mass is 556 g/mol. The second-order valence-electron chi connectivity index (χ2n) is 5.66. The molecular weight excluding hydrogens is 530 g/mol. The van der Waals surface area contributed by atoms with E-state index in [1.165, 1.54) is 0 Å². The molecule has 1 N–H and O–H groups in total. The molecule has 0 aromatic heterocycles. The number of alkyl halides is 2. The van der Waals surface area contributed by atoms with Crippen LogP contribution >= 0.6 is 45.2 Å². The lowest BCUT2D eigenvalue weighted by atomic mass is 9.96. The predicted molar refractivity (Wildman–Crippen MR) is 104 cm³/mol. The Morgan fingerprint density at radius 2 is 1.74 bits per heavy atom. The Kier molecular flexibility index (Phi) is 13.5. The average molecular weight is 556 g/mol. The van der Waals surface area contributed by atoms with Crippen LogP contribution in [-0.4, -0.2) is 52.0 Å². The van der Waals surface area contributed by atoms with E-state index in [9.17, 15) is 14.7 Å². The van der Waals surface area contributed by atoms with Gasteiger partial charge in [-0.3, -0.25) is 4.79 Å². The van der Waals surface area contributed by atoms with E-state index < -0.39 is 11.6 Å². The van der Waals surface area contributed by atoms with E-state index in [0.717, 1.165) is 6.42 Å². The van der Waals surface area contributed by atoms with Gasteiger partial charge in [-0.1, -0.05) is 45.2 Å². The van der Waals surface area contributed by atoms with Gasteiger partial charge in [0.1, 0.15) is 6.61 Å². The number of rotatable bonds is 12. The maximum Gasteiger partial charge on any atom is 0.508 e. The van der Waals surface area contributed by atoms with Crippen LogP contribution in [0.5, 0.6) is 0 Å². The number of carbonyl (C=O) groups is 2. The lowest BCUT2D eigenvalue weighted by molar-refractivity contribution is -0.147. The first-order valence-corrected chi connectivity index (χ1v) is 10.7. The molecule has 0 heterocycles. The van der Waals surface area contributed by atoms with Crippen molar-refractivity contribution in [1.82, 2.24) is 0 Å². The summed E-state index contributed by atoms with van der Waals surface area (Å²) in [6.45, 7) is 4.02. The van der Waals surface area contributed by atoms with Crippen LogP contribution in [0.25, 0.3) is 0 Å². The second kappa shape index (κ2) is 13.5. The fourth-order valence-electron chi connectivity index (χ4n) is 1.52. The van der Waals surface area contributed by atoms with E-state index in [0.29, 0.717) is 28.1 Å². The minimum absolute atomic E-state index is 0.0291. The Bertz CT molecular complexity index is 337. The number of hydrogen-bond acceptors (Lipinski definition) is 6. The van der Waals surface area contributed by atoms with Crippen molar-refractivity contribution in [3.8, 4) is 0 Å². The minimum atomic E-state index is -0.711. The van der Waals surface area contributed by atoms with Gasteiger partial charge in [0.2, 0.25) is 0 Å². The standard InChI is InChI=1S/C15H26I2O6/c1-12(2)23-13(19)6-4-3-5-7-21-14(20)22-11-15(8-16,9-17)10-18/h12,18H,3-11H2,1-2H3. The van der Waals surface area contributed by atoms with Crippen molar-refractivity contribution in [1.29, 1.82) is 0 Å². The van der Waals surface area contributed by atoms with E-state index >= 15 is 0 Å². The molecule has 0 radical (unpaired) electrons. The molecule has 0 fully saturated rings. The van der Waals surface area contributed by atoms with Crippen molar-refractivity contribution < 1.29 is 28.9 Å². The highest BCUT2D eigenvalue weighted by Crippen LogP contribution is 2.23. The van der Waals surface area contributed by atoms with Gasteiger partial charge in [0.05, 0.1) is 19.3 Å². The number of aliphatic hydroxyl groups excluding tert-OH is 1. The molecule has 0 bridgehead atoms. The van der Waals surface area contributed by atoms with Gasteiger partial charge in [0, 0.05) is 20.7 Å². The number of unbranched alkanes of at least 4 members (excludes halogenated alkanes) is 2. The van der Waals surface area contributed by atoms with Crippen molar-refractivity contribution in [3.63, 3.8) is 0 Å². The van der Waals surface area contributed by atoms with E-state index in [2.05, 4.69) is 45.2 Å².